The number of carbonyl (C=O) groups is 4. The molecule has 1 aromatic heterocycles. The third-order valence-corrected chi connectivity index (χ3v) is 7.12. The molecule has 0 aliphatic rings. The van der Waals surface area contributed by atoms with E-state index in [0.29, 0.717) is 44.1 Å². The fourth-order valence-electron chi connectivity index (χ4n) is 4.48. The smallest absolute Gasteiger partial charge is 0.407 e. The van der Waals surface area contributed by atoms with E-state index >= 15 is 0 Å². The molecule has 0 aliphatic carbocycles. The summed E-state index contributed by atoms with van der Waals surface area (Å²) in [5.41, 5.74) is 0. The standard InChI is InChI=1S/C35H60N2O13/c1-28(38)46-26-31(49-34(40)15-9-6-13-21-43-4)24-44-22-29-16-17-30(48-29)23-45-25-32(27-47-33(39)14-8-5-12-20-42-3)50-35(41)37-19-11-7-10-18-36-2/h16-17,31-32,36H,5-15,18-27H2,1-4H3,(H,37,41). The Morgan fingerprint density at radius 3 is 1.78 bits per heavy atom. The lowest BCUT2D eigenvalue weighted by Crippen LogP contribution is -2.35. The van der Waals surface area contributed by atoms with Crippen molar-refractivity contribution in [2.24, 2.45) is 0 Å². The van der Waals surface area contributed by atoms with Crippen LogP contribution in [0.1, 0.15) is 89.1 Å². The molecule has 15 heteroatoms. The number of furan rings is 1. The summed E-state index contributed by atoms with van der Waals surface area (Å²) in [6, 6.07) is 3.44. The first-order valence-electron chi connectivity index (χ1n) is 17.6. The van der Waals surface area contributed by atoms with Gasteiger partial charge in [0.2, 0.25) is 0 Å². The second kappa shape index (κ2) is 30.6. The number of nitrogens with one attached hydrogen (secondary N) is 2. The van der Waals surface area contributed by atoms with E-state index in [9.17, 15) is 19.2 Å². The molecule has 0 bridgehead atoms. The zero-order valence-corrected chi connectivity index (χ0v) is 30.5. The van der Waals surface area contributed by atoms with E-state index in [4.69, 9.17) is 42.3 Å². The summed E-state index contributed by atoms with van der Waals surface area (Å²) in [5, 5.41) is 5.82. The highest BCUT2D eigenvalue weighted by molar-refractivity contribution is 5.70. The molecule has 0 fully saturated rings. The summed E-state index contributed by atoms with van der Waals surface area (Å²) in [6.45, 7) is 3.79. The highest BCUT2D eigenvalue weighted by Gasteiger charge is 2.19. The van der Waals surface area contributed by atoms with Gasteiger partial charge in [-0.3, -0.25) is 14.4 Å². The van der Waals surface area contributed by atoms with Gasteiger partial charge in [-0.15, -0.1) is 0 Å². The van der Waals surface area contributed by atoms with Crippen LogP contribution < -0.4 is 10.6 Å². The van der Waals surface area contributed by atoms with Crippen molar-refractivity contribution in [2.45, 2.75) is 103 Å². The lowest BCUT2D eigenvalue weighted by atomic mass is 10.2. The third kappa shape index (κ3) is 25.7. The third-order valence-electron chi connectivity index (χ3n) is 7.12. The van der Waals surface area contributed by atoms with Crippen LogP contribution in [0, 0.1) is 0 Å². The Morgan fingerprint density at radius 1 is 0.660 bits per heavy atom. The van der Waals surface area contributed by atoms with Gasteiger partial charge in [-0.25, -0.2) is 4.79 Å². The average molecular weight is 717 g/mol. The molecule has 2 N–H and O–H groups in total. The Kier molecular flexibility index (Phi) is 27.4. The second-order valence-electron chi connectivity index (χ2n) is 11.7. The van der Waals surface area contributed by atoms with Gasteiger partial charge in [0, 0.05) is 53.7 Å². The molecule has 2 atom stereocenters. The van der Waals surface area contributed by atoms with E-state index in [1.165, 1.54) is 6.92 Å². The Balaban J connectivity index is 2.55. The first kappa shape index (κ1) is 44.8. The summed E-state index contributed by atoms with van der Waals surface area (Å²) in [7, 11) is 5.17. The number of ether oxygens (including phenoxy) is 8. The van der Waals surface area contributed by atoms with Gasteiger partial charge in [0.05, 0.1) is 13.2 Å². The molecule has 0 spiro atoms. The molecular formula is C35H60N2O13. The van der Waals surface area contributed by atoms with Crippen molar-refractivity contribution in [2.75, 3.05) is 74.0 Å². The van der Waals surface area contributed by atoms with Gasteiger partial charge in [-0.1, -0.05) is 19.3 Å². The summed E-state index contributed by atoms with van der Waals surface area (Å²) in [5.74, 6) is -0.261. The first-order valence-corrected chi connectivity index (χ1v) is 17.6. The number of unbranched alkanes of at least 4 members (excludes halogenated alkanes) is 6. The highest BCUT2D eigenvalue weighted by atomic mass is 16.6. The number of alkyl carbamates (subject to hydrolysis) is 1. The summed E-state index contributed by atoms with van der Waals surface area (Å²) in [6.07, 6.45) is 5.83. The minimum absolute atomic E-state index is 0.00185. The molecule has 0 saturated heterocycles. The van der Waals surface area contributed by atoms with Crippen LogP contribution in [-0.2, 0) is 65.5 Å². The van der Waals surface area contributed by atoms with E-state index < -0.39 is 30.2 Å². The van der Waals surface area contributed by atoms with E-state index in [1.54, 1.807) is 26.4 Å². The van der Waals surface area contributed by atoms with Gasteiger partial charge >= 0.3 is 24.0 Å². The van der Waals surface area contributed by atoms with Crippen molar-refractivity contribution in [1.29, 1.82) is 0 Å². The largest absolute Gasteiger partial charge is 0.462 e. The fraction of sp³-hybridized carbons (Fsp3) is 0.771. The Labute approximate surface area is 296 Å². The molecule has 50 heavy (non-hydrogen) atoms. The first-order chi connectivity index (χ1) is 24.3. The summed E-state index contributed by atoms with van der Waals surface area (Å²) >= 11 is 0. The van der Waals surface area contributed by atoms with Crippen molar-refractivity contribution < 1.29 is 61.5 Å². The fourth-order valence-corrected chi connectivity index (χ4v) is 4.48. The topological polar surface area (TPSA) is 179 Å². The monoisotopic (exact) mass is 716 g/mol. The molecule has 1 rings (SSSR count). The van der Waals surface area contributed by atoms with Crippen LogP contribution >= 0.6 is 0 Å². The van der Waals surface area contributed by atoms with Gasteiger partial charge in [-0.05, 0) is 64.3 Å². The molecule has 0 aliphatic heterocycles. The van der Waals surface area contributed by atoms with Crippen LogP contribution in [0.3, 0.4) is 0 Å². The number of hydrogen-bond donors (Lipinski definition) is 2. The number of esters is 3. The van der Waals surface area contributed by atoms with Gasteiger partial charge in [-0.2, -0.15) is 0 Å². The second-order valence-corrected chi connectivity index (χ2v) is 11.7. The van der Waals surface area contributed by atoms with E-state index in [2.05, 4.69) is 10.6 Å². The Hall–Kier alpha value is -3.24. The molecule has 0 saturated carbocycles. The van der Waals surface area contributed by atoms with Gasteiger partial charge in [0.1, 0.15) is 37.9 Å². The zero-order valence-electron chi connectivity index (χ0n) is 30.5. The minimum atomic E-state index is -0.822. The highest BCUT2D eigenvalue weighted by Crippen LogP contribution is 2.13. The zero-order chi connectivity index (χ0) is 36.7. The number of amides is 1. The predicted molar refractivity (Wildman–Crippen MR) is 182 cm³/mol. The van der Waals surface area contributed by atoms with Crippen LogP contribution in [0.25, 0.3) is 0 Å². The molecule has 0 aromatic carbocycles. The summed E-state index contributed by atoms with van der Waals surface area (Å²) < 4.78 is 48.6. The molecular weight excluding hydrogens is 656 g/mol. The van der Waals surface area contributed by atoms with Crippen LogP contribution in [-0.4, -0.2) is 110 Å². The van der Waals surface area contributed by atoms with Crippen molar-refractivity contribution in [3.63, 3.8) is 0 Å². The van der Waals surface area contributed by atoms with Gasteiger partial charge in [0.15, 0.2) is 12.2 Å². The maximum absolute atomic E-state index is 12.4. The number of hydrogen-bond acceptors (Lipinski definition) is 14. The molecule has 288 valence electrons. The molecule has 1 heterocycles. The summed E-state index contributed by atoms with van der Waals surface area (Å²) in [4.78, 5) is 48.2. The maximum Gasteiger partial charge on any atom is 0.407 e. The molecule has 1 aromatic rings. The number of rotatable bonds is 32. The van der Waals surface area contributed by atoms with Crippen molar-refractivity contribution in [3.05, 3.63) is 23.7 Å². The Morgan fingerprint density at radius 2 is 1.20 bits per heavy atom. The number of carbonyl (C=O) groups excluding carboxylic acids is 4. The molecule has 15 nitrogen and oxygen atoms in total. The lowest BCUT2D eigenvalue weighted by Gasteiger charge is -2.18. The minimum Gasteiger partial charge on any atom is -0.462 e. The average Bonchev–Trinajstić information content (AvgIpc) is 3.54. The molecule has 0 radical (unpaired) electrons. The van der Waals surface area contributed by atoms with Crippen LogP contribution in [0.15, 0.2) is 16.5 Å². The molecule has 2 unspecified atom stereocenters. The van der Waals surface area contributed by atoms with Crippen LogP contribution in [0.5, 0.6) is 0 Å². The van der Waals surface area contributed by atoms with Crippen molar-refractivity contribution in [1.82, 2.24) is 10.6 Å². The van der Waals surface area contributed by atoms with E-state index in [1.807, 2.05) is 7.05 Å². The van der Waals surface area contributed by atoms with E-state index in [-0.39, 0.29) is 58.5 Å². The van der Waals surface area contributed by atoms with E-state index in [0.717, 1.165) is 51.5 Å². The quantitative estimate of drug-likeness (QED) is 0.0615. The van der Waals surface area contributed by atoms with Crippen molar-refractivity contribution >= 4 is 24.0 Å². The van der Waals surface area contributed by atoms with Crippen LogP contribution in [0.2, 0.25) is 0 Å². The van der Waals surface area contributed by atoms with Crippen molar-refractivity contribution in [3.8, 4) is 0 Å². The predicted octanol–water partition coefficient (Wildman–Crippen LogP) is 4.23. The normalized spacial score (nSPS) is 12.2. The SMILES string of the molecule is CNCCCCCNC(=O)OC(COCc1ccc(COCC(COC(C)=O)OC(=O)CCCCCOC)o1)COC(=O)CCCCCOC. The van der Waals surface area contributed by atoms with Gasteiger partial charge in [0.25, 0.3) is 0 Å². The maximum atomic E-state index is 12.4. The Bertz CT molecular complexity index is 1040. The lowest BCUT2D eigenvalue weighted by molar-refractivity contribution is -0.162. The number of methoxy groups -OCH3 is 2. The van der Waals surface area contributed by atoms with Gasteiger partial charge < -0.3 is 52.9 Å². The molecule has 1 amide bonds. The van der Waals surface area contributed by atoms with Crippen LogP contribution in [0.4, 0.5) is 4.79 Å².